The molecule has 0 spiro atoms. The summed E-state index contributed by atoms with van der Waals surface area (Å²) >= 11 is 0. The molecular formula is C24H45NO4. The van der Waals surface area contributed by atoms with E-state index in [9.17, 15) is 0 Å². The molecule has 5 atom stereocenters. The van der Waals surface area contributed by atoms with Crippen molar-refractivity contribution in [2.45, 2.75) is 83.3 Å². The van der Waals surface area contributed by atoms with E-state index in [0.29, 0.717) is 6.04 Å². The Labute approximate surface area is 179 Å². The second-order valence-electron chi connectivity index (χ2n) is 7.81. The van der Waals surface area contributed by atoms with Gasteiger partial charge in [0.2, 0.25) is 0 Å². The summed E-state index contributed by atoms with van der Waals surface area (Å²) in [6.45, 7) is 10.2. The van der Waals surface area contributed by atoms with E-state index < -0.39 is 0 Å². The molecule has 0 fully saturated rings. The molecule has 0 heterocycles. The van der Waals surface area contributed by atoms with Crippen molar-refractivity contribution in [2.75, 3.05) is 28.4 Å². The van der Waals surface area contributed by atoms with Crippen LogP contribution in [-0.2, 0) is 18.9 Å². The molecular weight excluding hydrogens is 366 g/mol. The fourth-order valence-corrected chi connectivity index (χ4v) is 3.32. The summed E-state index contributed by atoms with van der Waals surface area (Å²) in [6.07, 6.45) is 10.8. The number of hydrogen-bond donors (Lipinski definition) is 1. The van der Waals surface area contributed by atoms with Crippen molar-refractivity contribution in [3.63, 3.8) is 0 Å². The van der Waals surface area contributed by atoms with E-state index in [1.54, 1.807) is 28.4 Å². The largest absolute Gasteiger partial charge is 0.476 e. The molecule has 2 N–H and O–H groups in total. The first-order valence-corrected chi connectivity index (χ1v) is 10.5. The Kier molecular flexibility index (Phi) is 16.2. The van der Waals surface area contributed by atoms with Crippen molar-refractivity contribution in [3.8, 4) is 0 Å². The fourth-order valence-electron chi connectivity index (χ4n) is 3.32. The maximum atomic E-state index is 5.78. The monoisotopic (exact) mass is 411 g/mol. The Morgan fingerprint density at radius 1 is 0.897 bits per heavy atom. The van der Waals surface area contributed by atoms with E-state index in [-0.39, 0.29) is 24.4 Å². The van der Waals surface area contributed by atoms with Crippen LogP contribution in [-0.4, -0.2) is 58.9 Å². The average Bonchev–Trinajstić information content (AvgIpc) is 2.73. The van der Waals surface area contributed by atoms with Crippen molar-refractivity contribution in [2.24, 2.45) is 0 Å². The first-order chi connectivity index (χ1) is 13.8. The number of ether oxygens (including phenoxy) is 4. The summed E-state index contributed by atoms with van der Waals surface area (Å²) in [6, 6.07) is 0.484. The number of nitrogens with two attached hydrogens (primary N) is 1. The van der Waals surface area contributed by atoms with Gasteiger partial charge in [0.05, 0.1) is 30.5 Å². The molecule has 0 aromatic heterocycles. The third kappa shape index (κ3) is 12.3. The molecule has 0 amide bonds. The molecule has 0 radical (unpaired) electrons. The lowest BCUT2D eigenvalue weighted by molar-refractivity contribution is -0.629. The van der Waals surface area contributed by atoms with Gasteiger partial charge in [-0.3, -0.25) is 0 Å². The van der Waals surface area contributed by atoms with Gasteiger partial charge in [-0.2, -0.15) is 7.05 Å². The number of allylic oxidation sites excluding steroid dienone is 2. The Bertz CT molecular complexity index is 489. The Morgan fingerprint density at radius 3 is 1.93 bits per heavy atom. The highest BCUT2D eigenvalue weighted by Crippen LogP contribution is 2.22. The van der Waals surface area contributed by atoms with Gasteiger partial charge in [-0.25, -0.2) is 0 Å². The van der Waals surface area contributed by atoms with E-state index in [0.717, 1.165) is 32.1 Å². The minimum atomic E-state index is 0.00373. The number of hydrogen-bond acceptors (Lipinski definition) is 4. The van der Waals surface area contributed by atoms with Gasteiger partial charge in [-0.15, -0.1) is 6.58 Å². The standard InChI is InChI=1S/C24H45NO4/c1-10-11-21(26-6)15-22(27-7)16-23(28-8)17-24(29-9)19(3)14-18(2)12-13-20(4)25-5/h10,12,14,20-24H,1,5,11,13,15-17,25H2,2-4,6-9H3. The molecule has 5 heteroatoms. The molecule has 0 aromatic carbocycles. The van der Waals surface area contributed by atoms with Gasteiger partial charge in [-0.1, -0.05) is 23.8 Å². The maximum absolute atomic E-state index is 5.78. The summed E-state index contributed by atoms with van der Waals surface area (Å²) < 4.78 is 22.8. The summed E-state index contributed by atoms with van der Waals surface area (Å²) in [5, 5.41) is 1.98. The predicted molar refractivity (Wildman–Crippen MR) is 121 cm³/mol. The van der Waals surface area contributed by atoms with Crippen molar-refractivity contribution in [3.05, 3.63) is 43.0 Å². The van der Waals surface area contributed by atoms with Gasteiger partial charge in [0, 0.05) is 47.7 Å². The van der Waals surface area contributed by atoms with Crippen molar-refractivity contribution in [1.82, 2.24) is 0 Å². The van der Waals surface area contributed by atoms with Crippen LogP contribution in [0.5, 0.6) is 0 Å². The van der Waals surface area contributed by atoms with Crippen LogP contribution < -0.4 is 5.32 Å². The Hall–Kier alpha value is -0.980. The SMILES string of the molecule is C=CCC(CC(CC(CC(OC)C(C)=CC(C)=CCC(C)[NH2+][CH2-])OC)OC)OC. The highest BCUT2D eigenvalue weighted by molar-refractivity contribution is 5.23. The molecule has 0 aliphatic rings. The van der Waals surface area contributed by atoms with E-state index >= 15 is 0 Å². The molecule has 0 bridgehead atoms. The van der Waals surface area contributed by atoms with E-state index in [1.807, 2.05) is 11.4 Å². The van der Waals surface area contributed by atoms with E-state index in [1.165, 1.54) is 11.1 Å². The smallest absolute Gasteiger partial charge is 0.0806 e. The Morgan fingerprint density at radius 2 is 1.45 bits per heavy atom. The van der Waals surface area contributed by atoms with Gasteiger partial charge in [0.15, 0.2) is 0 Å². The van der Waals surface area contributed by atoms with Gasteiger partial charge >= 0.3 is 0 Å². The van der Waals surface area contributed by atoms with Crippen LogP contribution in [0, 0.1) is 7.05 Å². The lowest BCUT2D eigenvalue weighted by atomic mass is 9.96. The van der Waals surface area contributed by atoms with Crippen LogP contribution in [0.2, 0.25) is 0 Å². The second-order valence-corrected chi connectivity index (χ2v) is 7.81. The zero-order chi connectivity index (χ0) is 22.2. The number of quaternary nitrogens is 1. The van der Waals surface area contributed by atoms with Crippen LogP contribution in [0.15, 0.2) is 36.0 Å². The molecule has 29 heavy (non-hydrogen) atoms. The first kappa shape index (κ1) is 28.0. The summed E-state index contributed by atoms with van der Waals surface area (Å²) in [5.41, 5.74) is 2.44. The quantitative estimate of drug-likeness (QED) is 0.225. The molecule has 0 rings (SSSR count). The topological polar surface area (TPSA) is 53.5 Å². The van der Waals surface area contributed by atoms with Crippen molar-refractivity contribution in [1.29, 1.82) is 0 Å². The van der Waals surface area contributed by atoms with Gasteiger partial charge < -0.3 is 24.3 Å². The highest BCUT2D eigenvalue weighted by Gasteiger charge is 2.23. The van der Waals surface area contributed by atoms with Crippen molar-refractivity contribution < 1.29 is 24.3 Å². The summed E-state index contributed by atoms with van der Waals surface area (Å²) in [5.74, 6) is 0. The average molecular weight is 412 g/mol. The molecule has 0 aromatic rings. The lowest BCUT2D eigenvalue weighted by Crippen LogP contribution is -2.82. The van der Waals surface area contributed by atoms with Crippen LogP contribution in [0.25, 0.3) is 0 Å². The minimum absolute atomic E-state index is 0.00373. The lowest BCUT2D eigenvalue weighted by Gasteiger charge is -2.27. The van der Waals surface area contributed by atoms with Crippen LogP contribution in [0.4, 0.5) is 0 Å². The summed E-state index contributed by atoms with van der Waals surface area (Å²) in [7, 11) is 10.8. The zero-order valence-electron chi connectivity index (χ0n) is 19.8. The Balaban J connectivity index is 4.98. The van der Waals surface area contributed by atoms with Gasteiger partial charge in [0.1, 0.15) is 0 Å². The normalized spacial score (nSPS) is 18.2. The molecule has 0 saturated heterocycles. The number of methoxy groups -OCH3 is 4. The van der Waals surface area contributed by atoms with Crippen molar-refractivity contribution >= 4 is 0 Å². The molecule has 5 nitrogen and oxygen atoms in total. The molecule has 0 saturated carbocycles. The van der Waals surface area contributed by atoms with E-state index in [4.69, 9.17) is 18.9 Å². The molecule has 0 aliphatic heterocycles. The predicted octanol–water partition coefficient (Wildman–Crippen LogP) is 3.82. The minimum Gasteiger partial charge on any atom is -0.476 e. The van der Waals surface area contributed by atoms with Gasteiger partial charge in [-0.05, 0) is 39.2 Å². The van der Waals surface area contributed by atoms with E-state index in [2.05, 4.69) is 46.5 Å². The van der Waals surface area contributed by atoms with Gasteiger partial charge in [0.25, 0.3) is 0 Å². The second kappa shape index (κ2) is 16.8. The molecule has 0 aliphatic carbocycles. The summed E-state index contributed by atoms with van der Waals surface area (Å²) in [4.78, 5) is 0. The zero-order valence-corrected chi connectivity index (χ0v) is 19.8. The third-order valence-electron chi connectivity index (χ3n) is 5.42. The van der Waals surface area contributed by atoms with Crippen LogP contribution in [0.1, 0.15) is 52.9 Å². The third-order valence-corrected chi connectivity index (χ3v) is 5.42. The fraction of sp³-hybridized carbons (Fsp3) is 0.708. The highest BCUT2D eigenvalue weighted by atomic mass is 16.5. The first-order valence-electron chi connectivity index (χ1n) is 10.5. The molecule has 170 valence electrons. The number of rotatable bonds is 17. The van der Waals surface area contributed by atoms with Crippen LogP contribution >= 0.6 is 0 Å². The molecule has 5 unspecified atom stereocenters. The maximum Gasteiger partial charge on any atom is 0.0806 e. The van der Waals surface area contributed by atoms with Crippen LogP contribution in [0.3, 0.4) is 0 Å².